The summed E-state index contributed by atoms with van der Waals surface area (Å²) in [6, 6.07) is 5.27. The second kappa shape index (κ2) is 2.57. The first-order valence-corrected chi connectivity index (χ1v) is 3.27. The van der Waals surface area contributed by atoms with Crippen LogP contribution in [0.2, 0.25) is 0 Å². The number of hydrogen-bond acceptors (Lipinski definition) is 5. The molecule has 0 aromatic carbocycles. The molecule has 0 radical (unpaired) electrons. The van der Waals surface area contributed by atoms with Crippen LogP contribution in [0.1, 0.15) is 0 Å². The van der Waals surface area contributed by atoms with Crippen molar-refractivity contribution < 1.29 is 5.21 Å². The number of tetrazole rings is 1. The lowest BCUT2D eigenvalue weighted by molar-refractivity contribution is 0.147. The van der Waals surface area contributed by atoms with Crippen molar-refractivity contribution in [2.75, 3.05) is 0 Å². The van der Waals surface area contributed by atoms with Gasteiger partial charge < -0.3 is 5.21 Å². The Labute approximate surface area is 67.4 Å². The fourth-order valence-electron chi connectivity index (χ4n) is 0.831. The summed E-state index contributed by atoms with van der Waals surface area (Å²) in [5.74, 6) is 0.232. The Morgan fingerprint density at radius 3 is 2.83 bits per heavy atom. The van der Waals surface area contributed by atoms with E-state index in [1.807, 2.05) is 0 Å². The molecular formula is C6H5N5O. The Morgan fingerprint density at radius 1 is 1.33 bits per heavy atom. The van der Waals surface area contributed by atoms with E-state index in [9.17, 15) is 0 Å². The van der Waals surface area contributed by atoms with Gasteiger partial charge in [-0.25, -0.2) is 0 Å². The molecule has 12 heavy (non-hydrogen) atoms. The highest BCUT2D eigenvalue weighted by atomic mass is 16.5. The van der Waals surface area contributed by atoms with E-state index in [2.05, 4.69) is 20.5 Å². The molecule has 1 N–H and O–H groups in total. The zero-order valence-corrected chi connectivity index (χ0v) is 5.99. The molecule has 60 valence electrons. The molecule has 0 saturated heterocycles. The SMILES string of the molecule is On1nnnc1-c1ccccn1. The zero-order chi connectivity index (χ0) is 8.39. The van der Waals surface area contributed by atoms with Crippen LogP contribution >= 0.6 is 0 Å². The molecule has 0 atom stereocenters. The van der Waals surface area contributed by atoms with Crippen LogP contribution < -0.4 is 0 Å². The molecule has 2 rings (SSSR count). The van der Waals surface area contributed by atoms with E-state index in [1.165, 1.54) is 0 Å². The number of pyridine rings is 1. The minimum Gasteiger partial charge on any atom is -0.409 e. The molecule has 0 aliphatic carbocycles. The molecule has 6 nitrogen and oxygen atoms in total. The van der Waals surface area contributed by atoms with Gasteiger partial charge >= 0.3 is 0 Å². The van der Waals surface area contributed by atoms with Crippen molar-refractivity contribution in [2.24, 2.45) is 0 Å². The molecule has 0 fully saturated rings. The quantitative estimate of drug-likeness (QED) is 0.597. The van der Waals surface area contributed by atoms with Gasteiger partial charge in [0.15, 0.2) is 0 Å². The van der Waals surface area contributed by atoms with Gasteiger partial charge in [-0.3, -0.25) is 4.98 Å². The molecule has 6 heteroatoms. The highest BCUT2D eigenvalue weighted by molar-refractivity contribution is 5.46. The van der Waals surface area contributed by atoms with Crippen molar-refractivity contribution >= 4 is 0 Å². The summed E-state index contributed by atoms with van der Waals surface area (Å²) in [6.07, 6.45) is 1.60. The van der Waals surface area contributed by atoms with E-state index in [0.29, 0.717) is 10.5 Å². The summed E-state index contributed by atoms with van der Waals surface area (Å²) >= 11 is 0. The standard InChI is InChI=1S/C6H5N5O/c12-11-6(8-9-10-11)5-3-1-2-4-7-5/h1-4,12H. The summed E-state index contributed by atoms with van der Waals surface area (Å²) in [5, 5.41) is 19.2. The molecule has 0 unspecified atom stereocenters. The first kappa shape index (κ1) is 6.71. The lowest BCUT2D eigenvalue weighted by Gasteiger charge is -1.93. The van der Waals surface area contributed by atoms with Gasteiger partial charge in [-0.1, -0.05) is 10.9 Å². The van der Waals surface area contributed by atoms with Crippen LogP contribution in [0.5, 0.6) is 0 Å². The van der Waals surface area contributed by atoms with Gasteiger partial charge in [0.25, 0.3) is 0 Å². The van der Waals surface area contributed by atoms with Crippen LogP contribution in [-0.4, -0.2) is 30.6 Å². The second-order valence-corrected chi connectivity index (χ2v) is 2.11. The predicted octanol–water partition coefficient (Wildman–Crippen LogP) is -0.0276. The summed E-state index contributed by atoms with van der Waals surface area (Å²) in [4.78, 5) is 4.54. The Bertz CT molecular complexity index is 370. The van der Waals surface area contributed by atoms with Gasteiger partial charge in [0.2, 0.25) is 5.82 Å². The Hall–Kier alpha value is -1.98. The number of aromatic nitrogens is 5. The molecule has 0 spiro atoms. The number of hydrogen-bond donors (Lipinski definition) is 1. The van der Waals surface area contributed by atoms with Gasteiger partial charge in [0.05, 0.1) is 0 Å². The summed E-state index contributed by atoms with van der Waals surface area (Å²) < 4.78 is 0. The maximum atomic E-state index is 9.04. The minimum atomic E-state index is 0.232. The van der Waals surface area contributed by atoms with Crippen LogP contribution in [0.4, 0.5) is 0 Å². The summed E-state index contributed by atoms with van der Waals surface area (Å²) in [6.45, 7) is 0. The van der Waals surface area contributed by atoms with Crippen LogP contribution in [0.3, 0.4) is 0 Å². The first-order chi connectivity index (χ1) is 5.88. The van der Waals surface area contributed by atoms with E-state index in [-0.39, 0.29) is 5.82 Å². The minimum absolute atomic E-state index is 0.232. The highest BCUT2D eigenvalue weighted by Crippen LogP contribution is 2.08. The molecule has 2 heterocycles. The van der Waals surface area contributed by atoms with E-state index >= 15 is 0 Å². The third-order valence-electron chi connectivity index (χ3n) is 1.35. The third kappa shape index (κ3) is 0.986. The Balaban J connectivity index is 2.51. The fraction of sp³-hybridized carbons (Fsp3) is 0. The monoisotopic (exact) mass is 163 g/mol. The smallest absolute Gasteiger partial charge is 0.240 e. The first-order valence-electron chi connectivity index (χ1n) is 3.27. The number of rotatable bonds is 1. The van der Waals surface area contributed by atoms with Gasteiger partial charge in [0.1, 0.15) is 5.69 Å². The van der Waals surface area contributed by atoms with Crippen LogP contribution in [0, 0.1) is 0 Å². The van der Waals surface area contributed by atoms with Crippen molar-refractivity contribution in [3.63, 3.8) is 0 Å². The Kier molecular flexibility index (Phi) is 1.44. The molecule has 0 aliphatic rings. The van der Waals surface area contributed by atoms with Gasteiger partial charge in [0, 0.05) is 6.20 Å². The lowest BCUT2D eigenvalue weighted by Crippen LogP contribution is -1.97. The molecule has 0 bridgehead atoms. The van der Waals surface area contributed by atoms with Crippen LogP contribution in [0.15, 0.2) is 24.4 Å². The molecular weight excluding hydrogens is 158 g/mol. The van der Waals surface area contributed by atoms with Crippen LogP contribution in [-0.2, 0) is 0 Å². The van der Waals surface area contributed by atoms with Crippen molar-refractivity contribution in [1.82, 2.24) is 25.4 Å². The fourth-order valence-corrected chi connectivity index (χ4v) is 0.831. The lowest BCUT2D eigenvalue weighted by atomic mass is 10.3. The van der Waals surface area contributed by atoms with Gasteiger partial charge in [-0.15, -0.1) is 5.10 Å². The average molecular weight is 163 g/mol. The van der Waals surface area contributed by atoms with E-state index in [0.717, 1.165) is 0 Å². The predicted molar refractivity (Wildman–Crippen MR) is 38.2 cm³/mol. The largest absolute Gasteiger partial charge is 0.409 e. The molecule has 0 saturated carbocycles. The molecule has 2 aromatic rings. The van der Waals surface area contributed by atoms with Crippen molar-refractivity contribution in [2.45, 2.75) is 0 Å². The highest BCUT2D eigenvalue weighted by Gasteiger charge is 2.06. The van der Waals surface area contributed by atoms with Crippen molar-refractivity contribution in [3.8, 4) is 11.5 Å². The zero-order valence-electron chi connectivity index (χ0n) is 5.99. The summed E-state index contributed by atoms with van der Waals surface area (Å²) in [7, 11) is 0. The van der Waals surface area contributed by atoms with Gasteiger partial charge in [-0.2, -0.15) is 0 Å². The van der Waals surface area contributed by atoms with Gasteiger partial charge in [-0.05, 0) is 22.6 Å². The van der Waals surface area contributed by atoms with Crippen molar-refractivity contribution in [3.05, 3.63) is 24.4 Å². The maximum absolute atomic E-state index is 9.04. The normalized spacial score (nSPS) is 10.0. The second-order valence-electron chi connectivity index (χ2n) is 2.11. The third-order valence-corrected chi connectivity index (χ3v) is 1.35. The van der Waals surface area contributed by atoms with E-state index in [1.54, 1.807) is 24.4 Å². The Morgan fingerprint density at radius 2 is 2.25 bits per heavy atom. The van der Waals surface area contributed by atoms with Crippen LogP contribution in [0.25, 0.3) is 11.5 Å². The summed E-state index contributed by atoms with van der Waals surface area (Å²) in [5.41, 5.74) is 0.532. The maximum Gasteiger partial charge on any atom is 0.240 e. The van der Waals surface area contributed by atoms with E-state index < -0.39 is 0 Å². The van der Waals surface area contributed by atoms with Crippen molar-refractivity contribution in [1.29, 1.82) is 0 Å². The number of nitrogens with zero attached hydrogens (tertiary/aromatic N) is 5. The average Bonchev–Trinajstić information content (AvgIpc) is 2.53. The van der Waals surface area contributed by atoms with E-state index in [4.69, 9.17) is 5.21 Å². The topological polar surface area (TPSA) is 76.7 Å². The molecule has 2 aromatic heterocycles. The molecule has 0 aliphatic heterocycles. The molecule has 0 amide bonds.